The third-order valence-electron chi connectivity index (χ3n) is 6.68. The lowest BCUT2D eigenvalue weighted by Crippen LogP contribution is -2.05. The maximum atomic E-state index is 12.3. The van der Waals surface area contributed by atoms with Crippen molar-refractivity contribution in [2.24, 2.45) is 20.5 Å². The van der Waals surface area contributed by atoms with E-state index in [1.807, 2.05) is 0 Å². The zero-order valence-electron chi connectivity index (χ0n) is 24.9. The molecule has 0 bridgehead atoms. The third-order valence-corrected chi connectivity index (χ3v) is 9.50. The SMILES string of the molecule is Cc1cc(N=Nc2ccc(Nc3nc(N)nc(Cl)n3)c3c(S(=O)(=O)O)cccc23)c(C)cc1N=Nc1cc(S(=O)(=O)O)ccc1S(=O)(=O)O. The highest BCUT2D eigenvalue weighted by atomic mass is 35.5. The smallest absolute Gasteiger partial charge is 0.296 e. The van der Waals surface area contributed by atoms with Crippen LogP contribution in [0.2, 0.25) is 5.28 Å². The van der Waals surface area contributed by atoms with Gasteiger partial charge in [0.15, 0.2) is 0 Å². The second-order valence-corrected chi connectivity index (χ2v) is 14.6. The van der Waals surface area contributed by atoms with Crippen LogP contribution >= 0.6 is 11.6 Å². The Kier molecular flexibility index (Phi) is 9.44. The van der Waals surface area contributed by atoms with E-state index < -0.39 is 50.7 Å². The number of rotatable bonds is 9. The zero-order valence-corrected chi connectivity index (χ0v) is 28.1. The van der Waals surface area contributed by atoms with Gasteiger partial charge in [-0.05, 0) is 85.1 Å². The number of aryl methyl sites for hydroxylation is 2. The fourth-order valence-electron chi connectivity index (χ4n) is 4.48. The van der Waals surface area contributed by atoms with Crippen molar-refractivity contribution < 1.29 is 38.9 Å². The van der Waals surface area contributed by atoms with Crippen LogP contribution in [0.1, 0.15) is 11.1 Å². The van der Waals surface area contributed by atoms with Crippen LogP contribution in [0.5, 0.6) is 0 Å². The van der Waals surface area contributed by atoms with Crippen LogP contribution in [0.3, 0.4) is 0 Å². The number of hydrogen-bond acceptors (Lipinski definition) is 15. The summed E-state index contributed by atoms with van der Waals surface area (Å²) in [6.45, 7) is 3.28. The average Bonchev–Trinajstić information content (AvgIpc) is 2.99. The van der Waals surface area contributed by atoms with Crippen LogP contribution in [0, 0.1) is 13.8 Å². The average molecular weight is 748 g/mol. The summed E-state index contributed by atoms with van der Waals surface area (Å²) in [4.78, 5) is 9.67. The second-order valence-electron chi connectivity index (χ2n) is 10.1. The van der Waals surface area contributed by atoms with Gasteiger partial charge < -0.3 is 11.1 Å². The molecule has 0 radical (unpaired) electrons. The molecule has 1 heterocycles. The van der Waals surface area contributed by atoms with Gasteiger partial charge in [0.2, 0.25) is 17.2 Å². The molecule has 0 saturated heterocycles. The van der Waals surface area contributed by atoms with Crippen molar-refractivity contribution in [3.05, 3.63) is 77.1 Å². The van der Waals surface area contributed by atoms with Crippen molar-refractivity contribution in [1.82, 2.24) is 15.0 Å². The lowest BCUT2D eigenvalue weighted by Gasteiger charge is -2.13. The van der Waals surface area contributed by atoms with Crippen LogP contribution in [0.4, 0.5) is 40.3 Å². The van der Waals surface area contributed by atoms with Crippen molar-refractivity contribution >= 4 is 93.1 Å². The number of anilines is 3. The van der Waals surface area contributed by atoms with Crippen LogP contribution in [-0.4, -0.2) is 53.9 Å². The fourth-order valence-corrected chi connectivity index (χ4v) is 6.48. The first kappa shape index (κ1) is 35.3. The number of halogens is 1. The number of benzene rings is 4. The standard InChI is InChI=1S/C27H22ClN9O9S3/c1-13-11-20(36-37-21-12-15(47(38,39)40)6-9-22(21)48(41,42)43)14(2)10-19(13)35-34-17-7-8-18(30-27-32-25(28)31-26(29)33-27)24-16(17)4-3-5-23(24)49(44,45)46/h3-12H,1-2H3,(H,38,39,40)(H,41,42,43)(H,44,45,46)(H3,29,30,31,32,33). The molecule has 0 saturated carbocycles. The number of nitrogen functional groups attached to an aromatic ring is 1. The molecule has 0 spiro atoms. The molecule has 254 valence electrons. The lowest BCUT2D eigenvalue weighted by molar-refractivity contribution is 0.478. The molecule has 0 aliphatic heterocycles. The maximum Gasteiger partial charge on any atom is 0.296 e. The third kappa shape index (κ3) is 8.00. The number of nitrogens with two attached hydrogens (primary N) is 1. The van der Waals surface area contributed by atoms with Crippen LogP contribution in [0.15, 0.2) is 95.8 Å². The number of nitrogens with one attached hydrogen (secondary N) is 1. The summed E-state index contributed by atoms with van der Waals surface area (Å²) in [6.07, 6.45) is 0. The van der Waals surface area contributed by atoms with Crippen molar-refractivity contribution in [1.29, 1.82) is 0 Å². The summed E-state index contributed by atoms with van der Waals surface area (Å²) in [7, 11) is -14.3. The predicted molar refractivity (Wildman–Crippen MR) is 177 cm³/mol. The van der Waals surface area contributed by atoms with Gasteiger partial charge >= 0.3 is 0 Å². The largest absolute Gasteiger partial charge is 0.368 e. The van der Waals surface area contributed by atoms with Crippen LogP contribution in [-0.2, 0) is 30.4 Å². The predicted octanol–water partition coefficient (Wildman–Crippen LogP) is 6.19. The van der Waals surface area contributed by atoms with Gasteiger partial charge in [0.1, 0.15) is 15.5 Å². The summed E-state index contributed by atoms with van der Waals surface area (Å²) in [5, 5.41) is 19.3. The zero-order chi connectivity index (χ0) is 35.9. The molecule has 5 rings (SSSR count). The van der Waals surface area contributed by atoms with Gasteiger partial charge in [0, 0.05) is 10.8 Å². The molecule has 0 atom stereocenters. The number of aromatic nitrogens is 3. The molecule has 22 heteroatoms. The minimum absolute atomic E-state index is 0.0301. The van der Waals surface area contributed by atoms with E-state index >= 15 is 0 Å². The maximum absolute atomic E-state index is 12.3. The van der Waals surface area contributed by atoms with E-state index in [0.29, 0.717) is 16.8 Å². The van der Waals surface area contributed by atoms with Gasteiger partial charge in [-0.25, -0.2) is 0 Å². The lowest BCUT2D eigenvalue weighted by atomic mass is 10.1. The van der Waals surface area contributed by atoms with E-state index in [4.69, 9.17) is 17.3 Å². The normalized spacial score (nSPS) is 12.7. The van der Waals surface area contributed by atoms with E-state index in [9.17, 15) is 38.9 Å². The van der Waals surface area contributed by atoms with Crippen molar-refractivity contribution in [2.75, 3.05) is 11.1 Å². The molecular formula is C27H22ClN9O9S3. The van der Waals surface area contributed by atoms with E-state index in [1.54, 1.807) is 26.0 Å². The quantitative estimate of drug-likeness (QED) is 0.0830. The Morgan fingerprint density at radius 1 is 0.673 bits per heavy atom. The highest BCUT2D eigenvalue weighted by molar-refractivity contribution is 7.86. The number of fused-ring (bicyclic) bond motifs is 1. The van der Waals surface area contributed by atoms with Gasteiger partial charge in [-0.1, -0.05) is 12.1 Å². The Bertz CT molecular complexity index is 2550. The van der Waals surface area contributed by atoms with Gasteiger partial charge in [-0.15, -0.1) is 10.2 Å². The van der Waals surface area contributed by atoms with Gasteiger partial charge in [-0.2, -0.15) is 50.4 Å². The number of hydrogen-bond donors (Lipinski definition) is 5. The first-order valence-corrected chi connectivity index (χ1v) is 18.0. The molecule has 49 heavy (non-hydrogen) atoms. The Balaban J connectivity index is 1.54. The Labute approximate surface area is 283 Å². The summed E-state index contributed by atoms with van der Waals surface area (Å²) < 4.78 is 100. The van der Waals surface area contributed by atoms with Gasteiger partial charge in [-0.3, -0.25) is 13.7 Å². The van der Waals surface area contributed by atoms with E-state index in [2.05, 4.69) is 40.7 Å². The Morgan fingerprint density at radius 2 is 1.27 bits per heavy atom. The van der Waals surface area contributed by atoms with Crippen molar-refractivity contribution in [3.8, 4) is 0 Å². The highest BCUT2D eigenvalue weighted by Crippen LogP contribution is 2.39. The van der Waals surface area contributed by atoms with E-state index in [-0.39, 0.29) is 45.0 Å². The second kappa shape index (κ2) is 13.1. The number of nitrogens with zero attached hydrogens (tertiary/aromatic N) is 7. The van der Waals surface area contributed by atoms with E-state index in [0.717, 1.165) is 18.2 Å². The molecule has 0 unspecified atom stereocenters. The Morgan fingerprint density at radius 3 is 1.84 bits per heavy atom. The minimum atomic E-state index is -4.84. The summed E-state index contributed by atoms with van der Waals surface area (Å²) in [6, 6.07) is 12.5. The fraction of sp³-hybridized carbons (Fsp3) is 0.0741. The molecule has 4 aromatic carbocycles. The monoisotopic (exact) mass is 747 g/mol. The summed E-state index contributed by atoms with van der Waals surface area (Å²) in [5.41, 5.74) is 7.00. The van der Waals surface area contributed by atoms with E-state index in [1.165, 1.54) is 30.3 Å². The molecule has 0 aliphatic rings. The first-order valence-electron chi connectivity index (χ1n) is 13.3. The summed E-state index contributed by atoms with van der Waals surface area (Å²) >= 11 is 5.87. The molecule has 18 nitrogen and oxygen atoms in total. The molecule has 0 amide bonds. The molecular weight excluding hydrogens is 726 g/mol. The minimum Gasteiger partial charge on any atom is -0.368 e. The molecule has 5 aromatic rings. The summed E-state index contributed by atoms with van der Waals surface area (Å²) in [5.74, 6) is -0.290. The molecule has 1 aromatic heterocycles. The highest BCUT2D eigenvalue weighted by Gasteiger charge is 2.21. The molecule has 0 fully saturated rings. The van der Waals surface area contributed by atoms with Crippen LogP contribution in [0.25, 0.3) is 10.8 Å². The number of azo groups is 2. The Hall–Kier alpha value is -5.03. The van der Waals surface area contributed by atoms with Gasteiger partial charge in [0.05, 0.1) is 27.6 Å². The molecule has 6 N–H and O–H groups in total. The molecule has 0 aliphatic carbocycles. The van der Waals surface area contributed by atoms with Crippen LogP contribution < -0.4 is 11.1 Å². The topological polar surface area (TPSA) is 289 Å². The first-order chi connectivity index (χ1) is 22.8. The van der Waals surface area contributed by atoms with Crippen molar-refractivity contribution in [2.45, 2.75) is 28.5 Å². The van der Waals surface area contributed by atoms with Gasteiger partial charge in [0.25, 0.3) is 30.4 Å². The van der Waals surface area contributed by atoms with Crippen molar-refractivity contribution in [3.63, 3.8) is 0 Å².